The number of piperidine rings is 1. The molecule has 1 fully saturated rings. The van der Waals surface area contributed by atoms with Gasteiger partial charge in [0.15, 0.2) is 0 Å². The zero-order valence-electron chi connectivity index (χ0n) is 11.5. The molecule has 2 unspecified atom stereocenters. The van der Waals surface area contributed by atoms with Gasteiger partial charge < -0.3 is 5.32 Å². The molecule has 1 N–H and O–H groups in total. The molecular formula is C17H16Br2FN. The van der Waals surface area contributed by atoms with Crippen molar-refractivity contribution in [3.8, 4) is 0 Å². The van der Waals surface area contributed by atoms with Gasteiger partial charge in [-0.05, 0) is 60.3 Å². The summed E-state index contributed by atoms with van der Waals surface area (Å²) in [4.78, 5) is 0. The molecule has 0 aliphatic carbocycles. The van der Waals surface area contributed by atoms with Crippen LogP contribution in [0.2, 0.25) is 0 Å². The standard InChI is InChI=1S/C17H16Br2FN/c18-12-3-1-2-11(8-12)16-10-21-7-6-14(16)15-9-13(19)4-5-17(15)20/h1-5,8-9,14,16,21H,6-7,10H2. The lowest BCUT2D eigenvalue weighted by Crippen LogP contribution is -2.34. The third kappa shape index (κ3) is 3.38. The number of benzene rings is 2. The molecule has 0 radical (unpaired) electrons. The Morgan fingerprint density at radius 3 is 2.62 bits per heavy atom. The second-order valence-electron chi connectivity index (χ2n) is 5.43. The summed E-state index contributed by atoms with van der Waals surface area (Å²) in [6.07, 6.45) is 0.949. The molecule has 3 rings (SSSR count). The Labute approximate surface area is 141 Å². The van der Waals surface area contributed by atoms with Crippen LogP contribution >= 0.6 is 31.9 Å². The summed E-state index contributed by atoms with van der Waals surface area (Å²) in [5, 5.41) is 3.44. The van der Waals surface area contributed by atoms with Gasteiger partial charge in [0, 0.05) is 21.4 Å². The summed E-state index contributed by atoms with van der Waals surface area (Å²) in [7, 11) is 0. The fraction of sp³-hybridized carbons (Fsp3) is 0.294. The van der Waals surface area contributed by atoms with Crippen molar-refractivity contribution in [2.45, 2.75) is 18.3 Å². The molecule has 1 nitrogen and oxygen atoms in total. The van der Waals surface area contributed by atoms with E-state index in [-0.39, 0.29) is 11.7 Å². The van der Waals surface area contributed by atoms with Gasteiger partial charge in [-0.1, -0.05) is 44.0 Å². The van der Waals surface area contributed by atoms with E-state index in [9.17, 15) is 4.39 Å². The van der Waals surface area contributed by atoms with Crippen molar-refractivity contribution in [2.75, 3.05) is 13.1 Å². The Bertz CT molecular complexity index is 644. The molecule has 2 aromatic carbocycles. The highest BCUT2D eigenvalue weighted by Crippen LogP contribution is 2.39. The Hall–Kier alpha value is -0.710. The average Bonchev–Trinajstić information content (AvgIpc) is 2.50. The van der Waals surface area contributed by atoms with Crippen molar-refractivity contribution in [1.29, 1.82) is 0 Å². The van der Waals surface area contributed by atoms with E-state index in [1.807, 2.05) is 18.2 Å². The van der Waals surface area contributed by atoms with E-state index >= 15 is 0 Å². The molecule has 0 spiro atoms. The molecule has 1 aliphatic rings. The Morgan fingerprint density at radius 2 is 1.81 bits per heavy atom. The van der Waals surface area contributed by atoms with Gasteiger partial charge in [-0.2, -0.15) is 0 Å². The van der Waals surface area contributed by atoms with Gasteiger partial charge in [0.2, 0.25) is 0 Å². The Kier molecular flexibility index (Phi) is 4.77. The van der Waals surface area contributed by atoms with Crippen LogP contribution in [0.4, 0.5) is 4.39 Å². The van der Waals surface area contributed by atoms with Crippen molar-refractivity contribution < 1.29 is 4.39 Å². The molecule has 0 bridgehead atoms. The van der Waals surface area contributed by atoms with Crippen LogP contribution in [-0.4, -0.2) is 13.1 Å². The van der Waals surface area contributed by atoms with E-state index in [2.05, 4.69) is 49.3 Å². The number of nitrogens with one attached hydrogen (secondary N) is 1. The predicted molar refractivity (Wildman–Crippen MR) is 91.2 cm³/mol. The summed E-state index contributed by atoms with van der Waals surface area (Å²) in [5.74, 6) is 0.392. The average molecular weight is 413 g/mol. The van der Waals surface area contributed by atoms with Gasteiger partial charge in [0.05, 0.1) is 0 Å². The van der Waals surface area contributed by atoms with Gasteiger partial charge in [0.25, 0.3) is 0 Å². The first-order valence-electron chi connectivity index (χ1n) is 7.06. The highest BCUT2D eigenvalue weighted by atomic mass is 79.9. The monoisotopic (exact) mass is 411 g/mol. The minimum absolute atomic E-state index is 0.106. The summed E-state index contributed by atoms with van der Waals surface area (Å²) >= 11 is 6.99. The van der Waals surface area contributed by atoms with Crippen LogP contribution in [0.15, 0.2) is 51.4 Å². The summed E-state index contributed by atoms with van der Waals surface area (Å²) in [6, 6.07) is 13.6. The molecule has 0 aromatic heterocycles. The van der Waals surface area contributed by atoms with Crippen LogP contribution in [0.3, 0.4) is 0 Å². The first-order chi connectivity index (χ1) is 10.1. The van der Waals surface area contributed by atoms with E-state index in [4.69, 9.17) is 0 Å². The molecule has 2 aromatic rings. The molecule has 0 amide bonds. The van der Waals surface area contributed by atoms with Crippen molar-refractivity contribution in [2.24, 2.45) is 0 Å². The smallest absolute Gasteiger partial charge is 0.126 e. The maximum absolute atomic E-state index is 14.3. The van der Waals surface area contributed by atoms with Gasteiger partial charge in [-0.15, -0.1) is 0 Å². The Balaban J connectivity index is 2.00. The van der Waals surface area contributed by atoms with Crippen molar-refractivity contribution in [3.63, 3.8) is 0 Å². The van der Waals surface area contributed by atoms with E-state index in [0.717, 1.165) is 34.0 Å². The molecule has 1 heterocycles. The van der Waals surface area contributed by atoms with Crippen LogP contribution in [0.25, 0.3) is 0 Å². The van der Waals surface area contributed by atoms with Crippen LogP contribution < -0.4 is 5.32 Å². The highest BCUT2D eigenvalue weighted by molar-refractivity contribution is 9.10. The maximum atomic E-state index is 14.3. The third-order valence-electron chi connectivity index (χ3n) is 4.12. The Morgan fingerprint density at radius 1 is 1.00 bits per heavy atom. The predicted octanol–water partition coefficient (Wildman–Crippen LogP) is 5.21. The number of halogens is 3. The van der Waals surface area contributed by atoms with Gasteiger partial charge >= 0.3 is 0 Å². The second kappa shape index (κ2) is 6.59. The van der Waals surface area contributed by atoms with Crippen molar-refractivity contribution >= 4 is 31.9 Å². The summed E-state index contributed by atoms with van der Waals surface area (Å²) in [6.45, 7) is 1.81. The van der Waals surface area contributed by atoms with Crippen LogP contribution in [-0.2, 0) is 0 Å². The van der Waals surface area contributed by atoms with E-state index in [1.165, 1.54) is 5.56 Å². The van der Waals surface area contributed by atoms with Gasteiger partial charge in [-0.3, -0.25) is 0 Å². The number of hydrogen-bond acceptors (Lipinski definition) is 1. The third-order valence-corrected chi connectivity index (χ3v) is 5.10. The maximum Gasteiger partial charge on any atom is 0.126 e. The lowest BCUT2D eigenvalue weighted by Gasteiger charge is -2.33. The molecule has 0 saturated carbocycles. The fourth-order valence-electron chi connectivity index (χ4n) is 3.12. The lowest BCUT2D eigenvalue weighted by molar-refractivity contribution is 0.393. The van der Waals surface area contributed by atoms with E-state index in [1.54, 1.807) is 12.1 Å². The number of hydrogen-bond donors (Lipinski definition) is 1. The second-order valence-corrected chi connectivity index (χ2v) is 7.26. The number of rotatable bonds is 2. The van der Waals surface area contributed by atoms with E-state index < -0.39 is 0 Å². The minimum Gasteiger partial charge on any atom is -0.316 e. The zero-order chi connectivity index (χ0) is 14.8. The van der Waals surface area contributed by atoms with Crippen molar-refractivity contribution in [1.82, 2.24) is 5.32 Å². The molecule has 1 aliphatic heterocycles. The first-order valence-corrected chi connectivity index (χ1v) is 8.65. The first kappa shape index (κ1) is 15.2. The lowest BCUT2D eigenvalue weighted by atomic mass is 9.77. The summed E-state index contributed by atoms with van der Waals surface area (Å²) in [5.41, 5.74) is 2.07. The zero-order valence-corrected chi connectivity index (χ0v) is 14.6. The molecule has 110 valence electrons. The molecular weight excluding hydrogens is 397 g/mol. The van der Waals surface area contributed by atoms with E-state index in [0.29, 0.717) is 5.92 Å². The molecule has 21 heavy (non-hydrogen) atoms. The SMILES string of the molecule is Fc1ccc(Br)cc1C1CCNCC1c1cccc(Br)c1. The molecule has 1 saturated heterocycles. The topological polar surface area (TPSA) is 12.0 Å². The normalized spacial score (nSPS) is 22.2. The van der Waals surface area contributed by atoms with Gasteiger partial charge in [0.1, 0.15) is 5.82 Å². The fourth-order valence-corrected chi connectivity index (χ4v) is 3.91. The highest BCUT2D eigenvalue weighted by Gasteiger charge is 2.29. The quantitative estimate of drug-likeness (QED) is 0.713. The van der Waals surface area contributed by atoms with Crippen LogP contribution in [0.1, 0.15) is 29.4 Å². The van der Waals surface area contributed by atoms with Crippen LogP contribution in [0, 0.1) is 5.82 Å². The minimum atomic E-state index is -0.106. The van der Waals surface area contributed by atoms with Gasteiger partial charge in [-0.25, -0.2) is 4.39 Å². The summed E-state index contributed by atoms with van der Waals surface area (Å²) < 4.78 is 16.3. The van der Waals surface area contributed by atoms with Crippen molar-refractivity contribution in [3.05, 3.63) is 68.4 Å². The molecule has 4 heteroatoms. The largest absolute Gasteiger partial charge is 0.316 e. The molecule has 2 atom stereocenters. The van der Waals surface area contributed by atoms with Crippen LogP contribution in [0.5, 0.6) is 0 Å².